The molecule has 6 heteroatoms. The summed E-state index contributed by atoms with van der Waals surface area (Å²) in [5.41, 5.74) is 7.64. The number of amides is 2. The fourth-order valence-electron chi connectivity index (χ4n) is 1.18. The Morgan fingerprint density at radius 2 is 2.11 bits per heavy atom. The first kappa shape index (κ1) is 13.7. The zero-order valence-electron chi connectivity index (χ0n) is 9.88. The summed E-state index contributed by atoms with van der Waals surface area (Å²) in [6.07, 6.45) is 2.83. The summed E-state index contributed by atoms with van der Waals surface area (Å²) < 4.78 is 5.11. The number of nitrogens with one attached hydrogen (secondary N) is 1. The number of carbonyl (C=O) groups excluding carboxylic acids is 2. The maximum absolute atomic E-state index is 11.3. The second-order valence-corrected chi connectivity index (χ2v) is 3.30. The van der Waals surface area contributed by atoms with Gasteiger partial charge >= 0.3 is 0 Å². The molecule has 0 aromatic heterocycles. The van der Waals surface area contributed by atoms with Crippen LogP contribution in [0.4, 0.5) is 0 Å². The van der Waals surface area contributed by atoms with Crippen LogP contribution in [0, 0.1) is 0 Å². The van der Waals surface area contributed by atoms with Crippen LogP contribution in [0.25, 0.3) is 6.08 Å². The van der Waals surface area contributed by atoms with Gasteiger partial charge in [-0.05, 0) is 12.1 Å². The van der Waals surface area contributed by atoms with Crippen molar-refractivity contribution in [2.45, 2.75) is 0 Å². The maximum atomic E-state index is 11.3. The molecule has 1 aromatic rings. The molecule has 1 rings (SSSR count). The molecule has 0 unspecified atom stereocenters. The molecule has 96 valence electrons. The first-order valence-corrected chi connectivity index (χ1v) is 5.14. The van der Waals surface area contributed by atoms with Crippen molar-refractivity contribution in [3.63, 3.8) is 0 Å². The Labute approximate surface area is 104 Å². The summed E-state index contributed by atoms with van der Waals surface area (Å²) in [5, 5.41) is 0. The van der Waals surface area contributed by atoms with Crippen LogP contribution in [0.1, 0.15) is 5.56 Å². The molecule has 0 heterocycles. The molecule has 0 aliphatic heterocycles. The van der Waals surface area contributed by atoms with Gasteiger partial charge in [-0.15, -0.1) is 0 Å². The molecule has 3 N–H and O–H groups in total. The van der Waals surface area contributed by atoms with Crippen LogP contribution in [0.15, 0.2) is 30.3 Å². The van der Waals surface area contributed by atoms with Gasteiger partial charge in [-0.3, -0.25) is 14.4 Å². The molecular formula is C12H14N2O4. The highest BCUT2D eigenvalue weighted by molar-refractivity contribution is 5.91. The fourth-order valence-corrected chi connectivity index (χ4v) is 1.18. The zero-order valence-corrected chi connectivity index (χ0v) is 9.88. The van der Waals surface area contributed by atoms with Crippen molar-refractivity contribution in [1.29, 1.82) is 0 Å². The first-order valence-electron chi connectivity index (χ1n) is 5.14. The number of benzene rings is 1. The lowest BCUT2D eigenvalue weighted by Crippen LogP contribution is -2.28. The van der Waals surface area contributed by atoms with Crippen molar-refractivity contribution in [1.82, 2.24) is 5.48 Å². The van der Waals surface area contributed by atoms with Gasteiger partial charge in [0.05, 0.1) is 7.11 Å². The molecule has 6 nitrogen and oxygen atoms in total. The zero-order chi connectivity index (χ0) is 13.4. The minimum Gasteiger partial charge on any atom is -0.496 e. The summed E-state index contributed by atoms with van der Waals surface area (Å²) in [4.78, 5) is 26.2. The Morgan fingerprint density at radius 3 is 2.78 bits per heavy atom. The number of carbonyl (C=O) groups is 2. The number of rotatable bonds is 6. The molecule has 0 aliphatic carbocycles. The molecule has 0 saturated heterocycles. The summed E-state index contributed by atoms with van der Waals surface area (Å²) in [6, 6.07) is 7.23. The number of nitrogens with two attached hydrogens (primary N) is 1. The van der Waals surface area contributed by atoms with Gasteiger partial charge in [0.2, 0.25) is 5.91 Å². The lowest BCUT2D eigenvalue weighted by molar-refractivity contribution is -0.134. The van der Waals surface area contributed by atoms with Crippen LogP contribution in [-0.2, 0) is 14.4 Å². The molecule has 0 atom stereocenters. The van der Waals surface area contributed by atoms with Gasteiger partial charge in [0.1, 0.15) is 5.75 Å². The van der Waals surface area contributed by atoms with Crippen LogP contribution in [0.2, 0.25) is 0 Å². The number of hydrogen-bond acceptors (Lipinski definition) is 4. The van der Waals surface area contributed by atoms with Crippen molar-refractivity contribution in [2.24, 2.45) is 5.73 Å². The number of para-hydroxylation sites is 1. The van der Waals surface area contributed by atoms with E-state index >= 15 is 0 Å². The smallest absolute Gasteiger partial charge is 0.267 e. The van der Waals surface area contributed by atoms with E-state index in [1.807, 2.05) is 12.1 Å². The summed E-state index contributed by atoms with van der Waals surface area (Å²) in [7, 11) is 1.54. The lowest BCUT2D eigenvalue weighted by atomic mass is 10.2. The largest absolute Gasteiger partial charge is 0.496 e. The molecule has 2 amide bonds. The van der Waals surface area contributed by atoms with Gasteiger partial charge < -0.3 is 10.5 Å². The second-order valence-electron chi connectivity index (χ2n) is 3.30. The Balaban J connectivity index is 2.52. The van der Waals surface area contributed by atoms with E-state index in [1.54, 1.807) is 25.3 Å². The van der Waals surface area contributed by atoms with Gasteiger partial charge in [-0.25, -0.2) is 5.48 Å². The minimum absolute atomic E-state index is 0.367. The number of hydrogen-bond donors (Lipinski definition) is 2. The third-order valence-corrected chi connectivity index (χ3v) is 1.94. The third-order valence-electron chi connectivity index (χ3n) is 1.94. The quantitative estimate of drug-likeness (QED) is 0.559. The average molecular weight is 250 g/mol. The van der Waals surface area contributed by atoms with E-state index in [0.717, 1.165) is 5.56 Å². The number of ether oxygens (including phenoxy) is 1. The van der Waals surface area contributed by atoms with E-state index in [0.29, 0.717) is 5.75 Å². The van der Waals surface area contributed by atoms with Gasteiger partial charge in [-0.2, -0.15) is 0 Å². The standard InChI is InChI=1S/C12H14N2O4/c1-17-10-5-3-2-4-9(10)6-7-12(16)14-18-8-11(13)15/h2-7H,8H2,1H3,(H2,13,15)(H,14,16)/b7-6+. The summed E-state index contributed by atoms with van der Waals surface area (Å²) in [5.74, 6) is -0.509. The first-order chi connectivity index (χ1) is 8.63. The molecule has 0 fully saturated rings. The second kappa shape index (κ2) is 7.08. The number of methoxy groups -OCH3 is 1. The van der Waals surface area contributed by atoms with E-state index in [4.69, 9.17) is 10.5 Å². The van der Waals surface area contributed by atoms with E-state index in [9.17, 15) is 9.59 Å². The van der Waals surface area contributed by atoms with E-state index < -0.39 is 11.8 Å². The van der Waals surface area contributed by atoms with Gasteiger partial charge in [0, 0.05) is 11.6 Å². The van der Waals surface area contributed by atoms with E-state index in [-0.39, 0.29) is 6.61 Å². The van der Waals surface area contributed by atoms with Gasteiger partial charge in [0.15, 0.2) is 6.61 Å². The SMILES string of the molecule is COc1ccccc1/C=C/C(=O)NOCC(N)=O. The topological polar surface area (TPSA) is 90.7 Å². The number of hydroxylamine groups is 1. The van der Waals surface area contributed by atoms with Gasteiger partial charge in [0.25, 0.3) is 5.91 Å². The Bertz CT molecular complexity index is 457. The highest BCUT2D eigenvalue weighted by atomic mass is 16.7. The van der Waals surface area contributed by atoms with Crippen LogP contribution >= 0.6 is 0 Å². The van der Waals surface area contributed by atoms with E-state index in [1.165, 1.54) is 6.08 Å². The average Bonchev–Trinajstić information content (AvgIpc) is 2.36. The molecule has 1 aromatic carbocycles. The number of primary amides is 1. The van der Waals surface area contributed by atoms with Crippen molar-refractivity contribution in [2.75, 3.05) is 13.7 Å². The Morgan fingerprint density at radius 1 is 1.39 bits per heavy atom. The van der Waals surface area contributed by atoms with Crippen LogP contribution in [0.3, 0.4) is 0 Å². The Kier molecular flexibility index (Phi) is 5.40. The predicted molar refractivity (Wildman–Crippen MR) is 65.3 cm³/mol. The minimum atomic E-state index is -0.663. The molecular weight excluding hydrogens is 236 g/mol. The summed E-state index contributed by atoms with van der Waals surface area (Å²) in [6.45, 7) is -0.367. The van der Waals surface area contributed by atoms with Crippen LogP contribution < -0.4 is 16.0 Å². The predicted octanol–water partition coefficient (Wildman–Crippen LogP) is 0.241. The Hall–Kier alpha value is -2.34. The van der Waals surface area contributed by atoms with Crippen LogP contribution in [0.5, 0.6) is 5.75 Å². The molecule has 18 heavy (non-hydrogen) atoms. The molecule has 0 bridgehead atoms. The molecule has 0 spiro atoms. The fraction of sp³-hybridized carbons (Fsp3) is 0.167. The molecule has 0 radical (unpaired) electrons. The molecule has 0 saturated carbocycles. The highest BCUT2D eigenvalue weighted by Gasteiger charge is 2.00. The lowest BCUT2D eigenvalue weighted by Gasteiger charge is -2.03. The summed E-state index contributed by atoms with van der Waals surface area (Å²) >= 11 is 0. The maximum Gasteiger partial charge on any atom is 0.267 e. The molecule has 0 aliphatic rings. The highest BCUT2D eigenvalue weighted by Crippen LogP contribution is 2.18. The monoisotopic (exact) mass is 250 g/mol. The van der Waals surface area contributed by atoms with Gasteiger partial charge in [-0.1, -0.05) is 18.2 Å². The van der Waals surface area contributed by atoms with Crippen molar-refractivity contribution < 1.29 is 19.2 Å². The third kappa shape index (κ3) is 4.67. The van der Waals surface area contributed by atoms with E-state index in [2.05, 4.69) is 10.3 Å². The van der Waals surface area contributed by atoms with Crippen molar-refractivity contribution >= 4 is 17.9 Å². The van der Waals surface area contributed by atoms with Crippen molar-refractivity contribution in [3.8, 4) is 5.75 Å². The normalized spacial score (nSPS) is 10.3. The van der Waals surface area contributed by atoms with Crippen molar-refractivity contribution in [3.05, 3.63) is 35.9 Å². The van der Waals surface area contributed by atoms with Crippen LogP contribution in [-0.4, -0.2) is 25.5 Å².